The number of nitrogens with zero attached hydrogens (tertiary/aromatic N) is 2. The molecule has 9 heteroatoms. The molecule has 1 aromatic rings. The molecule has 1 aliphatic heterocycles. The van der Waals surface area contributed by atoms with Crippen LogP contribution in [-0.4, -0.2) is 77.9 Å². The fourth-order valence-corrected chi connectivity index (χ4v) is 6.54. The van der Waals surface area contributed by atoms with Crippen LogP contribution in [0.4, 0.5) is 0 Å². The second-order valence-electron chi connectivity index (χ2n) is 11.5. The van der Waals surface area contributed by atoms with E-state index in [1.54, 1.807) is 9.80 Å². The Morgan fingerprint density at radius 1 is 1.07 bits per heavy atom. The van der Waals surface area contributed by atoms with Crippen molar-refractivity contribution in [2.45, 2.75) is 77.2 Å². The molecule has 1 heterocycles. The van der Waals surface area contributed by atoms with Crippen LogP contribution in [0.3, 0.4) is 0 Å². The number of para-hydroxylation sites is 1. The van der Waals surface area contributed by atoms with E-state index in [-0.39, 0.29) is 23.6 Å². The van der Waals surface area contributed by atoms with Crippen molar-refractivity contribution < 1.29 is 19.4 Å². The van der Waals surface area contributed by atoms with Gasteiger partial charge in [0.15, 0.2) is 0 Å². The maximum Gasteiger partial charge on any atom is 0.272 e. The van der Waals surface area contributed by atoms with Crippen molar-refractivity contribution in [3.63, 3.8) is 0 Å². The van der Waals surface area contributed by atoms with Gasteiger partial charge in [-0.3, -0.25) is 15.0 Å². The molecule has 2 aliphatic carbocycles. The summed E-state index contributed by atoms with van der Waals surface area (Å²) in [6, 6.07) is 7.71. The van der Waals surface area contributed by atoms with Crippen LogP contribution in [-0.2, 0) is 9.59 Å². The SMILES string of the molecule is C[C@@H]1C[C@H](Oc2ccccc2Cl)CCC1CCCCNC1=C(C(=N)C(=O)N2CCN(C(=O)CO)CC2)CCCC1. The van der Waals surface area contributed by atoms with Crippen LogP contribution in [0.15, 0.2) is 35.5 Å². The molecule has 8 nitrogen and oxygen atoms in total. The summed E-state index contributed by atoms with van der Waals surface area (Å²) in [5.74, 6) is 1.56. The fraction of sp³-hybridized carbons (Fsp3) is 0.645. The number of halogens is 1. The van der Waals surface area contributed by atoms with Crippen LogP contribution in [0.5, 0.6) is 5.75 Å². The van der Waals surface area contributed by atoms with Crippen LogP contribution in [0, 0.1) is 17.2 Å². The van der Waals surface area contributed by atoms with Gasteiger partial charge in [-0.15, -0.1) is 0 Å². The molecule has 3 aliphatic rings. The molecule has 40 heavy (non-hydrogen) atoms. The summed E-state index contributed by atoms with van der Waals surface area (Å²) in [4.78, 5) is 28.0. The summed E-state index contributed by atoms with van der Waals surface area (Å²) in [6.07, 6.45) is 10.7. The lowest BCUT2D eigenvalue weighted by Gasteiger charge is -2.35. The average Bonchev–Trinajstić information content (AvgIpc) is 2.98. The van der Waals surface area contributed by atoms with Crippen molar-refractivity contribution in [1.29, 1.82) is 5.41 Å². The van der Waals surface area contributed by atoms with Gasteiger partial charge in [0, 0.05) is 44.0 Å². The zero-order valence-corrected chi connectivity index (χ0v) is 24.6. The highest BCUT2D eigenvalue weighted by Gasteiger charge is 2.30. The lowest BCUT2D eigenvalue weighted by Crippen LogP contribution is -2.53. The Balaban J connectivity index is 1.19. The van der Waals surface area contributed by atoms with E-state index in [9.17, 15) is 9.59 Å². The third-order valence-corrected chi connectivity index (χ3v) is 9.12. The molecule has 0 bridgehead atoms. The van der Waals surface area contributed by atoms with Gasteiger partial charge in [-0.05, 0) is 75.3 Å². The van der Waals surface area contributed by atoms with Crippen molar-refractivity contribution >= 4 is 29.1 Å². The quantitative estimate of drug-likeness (QED) is 0.261. The second kappa shape index (κ2) is 14.9. The summed E-state index contributed by atoms with van der Waals surface area (Å²) in [5.41, 5.74) is 2.01. The molecule has 4 rings (SSSR count). The maximum atomic E-state index is 13.1. The average molecular weight is 573 g/mol. The zero-order chi connectivity index (χ0) is 28.5. The predicted molar refractivity (Wildman–Crippen MR) is 158 cm³/mol. The number of amides is 2. The minimum absolute atomic E-state index is 0.0914. The third kappa shape index (κ3) is 8.00. The number of aliphatic hydroxyl groups excluding tert-OH is 1. The van der Waals surface area contributed by atoms with Gasteiger partial charge in [0.2, 0.25) is 5.91 Å². The highest BCUT2D eigenvalue weighted by molar-refractivity contribution is 6.44. The molecule has 0 aromatic heterocycles. The largest absolute Gasteiger partial charge is 0.489 e. The molecular weight excluding hydrogens is 528 g/mol. The van der Waals surface area contributed by atoms with Crippen molar-refractivity contribution in [2.24, 2.45) is 11.8 Å². The number of carbonyl (C=O) groups is 2. The van der Waals surface area contributed by atoms with Crippen molar-refractivity contribution in [3.05, 3.63) is 40.6 Å². The van der Waals surface area contributed by atoms with Gasteiger partial charge in [-0.2, -0.15) is 0 Å². The third-order valence-electron chi connectivity index (χ3n) is 8.81. The van der Waals surface area contributed by atoms with Crippen LogP contribution in [0.2, 0.25) is 5.02 Å². The van der Waals surface area contributed by atoms with Gasteiger partial charge in [-0.25, -0.2) is 0 Å². The number of hydrogen-bond donors (Lipinski definition) is 3. The van der Waals surface area contributed by atoms with Gasteiger partial charge in [0.05, 0.1) is 11.1 Å². The van der Waals surface area contributed by atoms with E-state index in [2.05, 4.69) is 12.2 Å². The van der Waals surface area contributed by atoms with Crippen molar-refractivity contribution in [1.82, 2.24) is 15.1 Å². The Morgan fingerprint density at radius 2 is 1.80 bits per heavy atom. The van der Waals surface area contributed by atoms with E-state index in [4.69, 9.17) is 26.9 Å². The molecule has 3 atom stereocenters. The molecule has 1 unspecified atom stereocenters. The summed E-state index contributed by atoms with van der Waals surface area (Å²) in [5, 5.41) is 22.0. The Morgan fingerprint density at radius 3 is 2.52 bits per heavy atom. The molecule has 2 fully saturated rings. The number of benzene rings is 1. The zero-order valence-electron chi connectivity index (χ0n) is 23.8. The highest BCUT2D eigenvalue weighted by Crippen LogP contribution is 2.36. The maximum absolute atomic E-state index is 13.1. The van der Waals surface area contributed by atoms with E-state index in [0.29, 0.717) is 37.1 Å². The number of hydrogen-bond acceptors (Lipinski definition) is 6. The van der Waals surface area contributed by atoms with Crippen LogP contribution >= 0.6 is 11.6 Å². The molecule has 220 valence electrons. The van der Waals surface area contributed by atoms with E-state index in [0.717, 1.165) is 80.8 Å². The summed E-state index contributed by atoms with van der Waals surface area (Å²) in [7, 11) is 0. The number of allylic oxidation sites excluding steroid dienone is 1. The van der Waals surface area contributed by atoms with Crippen LogP contribution in [0.25, 0.3) is 0 Å². The summed E-state index contributed by atoms with van der Waals surface area (Å²) < 4.78 is 6.20. The molecule has 1 saturated heterocycles. The van der Waals surface area contributed by atoms with Gasteiger partial charge in [0.1, 0.15) is 18.1 Å². The number of ether oxygens (including phenoxy) is 1. The number of unbranched alkanes of at least 4 members (excludes halogenated alkanes) is 1. The number of aliphatic hydroxyl groups is 1. The minimum atomic E-state index is -0.509. The highest BCUT2D eigenvalue weighted by atomic mass is 35.5. The Bertz CT molecular complexity index is 1070. The first kappa shape index (κ1) is 30.4. The standard InChI is InChI=1S/C31H45ClN4O4/c1-22-20-24(40-28-12-5-3-10-26(28)32)14-13-23(22)8-6-7-15-34-27-11-4-2-9-25(27)30(33)31(39)36-18-16-35(17-19-36)29(38)21-37/h3,5,10,12,22-24,33-34,37H,2,4,6-9,11,13-21H2,1H3/t22-,23?,24-/m1/s1. The van der Waals surface area contributed by atoms with Gasteiger partial charge < -0.3 is 25.0 Å². The fourth-order valence-electron chi connectivity index (χ4n) is 6.36. The van der Waals surface area contributed by atoms with Crippen LogP contribution < -0.4 is 10.1 Å². The van der Waals surface area contributed by atoms with E-state index < -0.39 is 6.61 Å². The Labute approximate surface area is 243 Å². The van der Waals surface area contributed by atoms with Crippen molar-refractivity contribution in [3.8, 4) is 5.75 Å². The molecule has 3 N–H and O–H groups in total. The monoisotopic (exact) mass is 572 g/mol. The van der Waals surface area contributed by atoms with Crippen molar-refractivity contribution in [2.75, 3.05) is 39.3 Å². The first-order valence-electron chi connectivity index (χ1n) is 15.0. The Kier molecular flexibility index (Phi) is 11.3. The minimum Gasteiger partial charge on any atom is -0.489 e. The second-order valence-corrected chi connectivity index (χ2v) is 11.9. The number of carbonyl (C=O) groups excluding carboxylic acids is 2. The Hall–Kier alpha value is -2.58. The molecule has 2 amide bonds. The number of piperazine rings is 1. The number of nitrogens with one attached hydrogen (secondary N) is 2. The lowest BCUT2D eigenvalue weighted by molar-refractivity contribution is -0.138. The molecule has 1 aromatic carbocycles. The van der Waals surface area contributed by atoms with Gasteiger partial charge in [-0.1, -0.05) is 43.5 Å². The topological polar surface area (TPSA) is 106 Å². The van der Waals surface area contributed by atoms with Gasteiger partial charge >= 0.3 is 0 Å². The van der Waals surface area contributed by atoms with Gasteiger partial charge in [0.25, 0.3) is 5.91 Å². The first-order valence-corrected chi connectivity index (χ1v) is 15.4. The number of rotatable bonds is 11. The molecule has 0 radical (unpaired) electrons. The normalized spacial score (nSPS) is 23.6. The lowest BCUT2D eigenvalue weighted by atomic mass is 9.76. The van der Waals surface area contributed by atoms with E-state index >= 15 is 0 Å². The van der Waals surface area contributed by atoms with E-state index in [1.165, 1.54) is 12.8 Å². The summed E-state index contributed by atoms with van der Waals surface area (Å²) in [6.45, 7) is 4.30. The smallest absolute Gasteiger partial charge is 0.272 e. The molecular formula is C31H45ClN4O4. The summed E-state index contributed by atoms with van der Waals surface area (Å²) >= 11 is 6.28. The molecule has 0 spiro atoms. The van der Waals surface area contributed by atoms with E-state index in [1.807, 2.05) is 24.3 Å². The van der Waals surface area contributed by atoms with Crippen LogP contribution in [0.1, 0.15) is 71.1 Å². The predicted octanol–water partition coefficient (Wildman–Crippen LogP) is 4.79. The first-order chi connectivity index (χ1) is 19.4. The molecule has 1 saturated carbocycles.